The fourth-order valence-electron chi connectivity index (χ4n) is 7.83. The molecule has 1 aromatic heterocycles. The maximum atomic E-state index is 13.8. The van der Waals surface area contributed by atoms with Gasteiger partial charge in [-0.3, -0.25) is 4.79 Å². The minimum atomic E-state index is -2.11. The van der Waals surface area contributed by atoms with Crippen molar-refractivity contribution < 1.29 is 42.1 Å². The Kier molecular flexibility index (Phi) is 12.7. The minimum absolute atomic E-state index is 0.0223. The van der Waals surface area contributed by atoms with Crippen molar-refractivity contribution in [2.24, 2.45) is 17.8 Å². The number of cyclic esters (lactones) is 1. The van der Waals surface area contributed by atoms with E-state index in [9.17, 15) is 9.59 Å². The molecule has 1 aromatic rings. The predicted molar refractivity (Wildman–Crippen MR) is 197 cm³/mol. The Morgan fingerprint density at radius 1 is 1.14 bits per heavy atom. The Balaban J connectivity index is 1.42. The number of hydrogen-bond acceptors (Lipinski definition) is 10. The Bertz CT molecular complexity index is 1510. The molecule has 0 spiro atoms. The molecule has 0 radical (unpaired) electrons. The summed E-state index contributed by atoms with van der Waals surface area (Å²) in [6.45, 7) is 18.8. The van der Waals surface area contributed by atoms with Gasteiger partial charge < -0.3 is 32.5 Å². The molecular weight excluding hydrogens is 667 g/mol. The Morgan fingerprint density at radius 3 is 2.57 bits per heavy atom. The summed E-state index contributed by atoms with van der Waals surface area (Å²) in [5.74, 6) is -0.0674. The lowest BCUT2D eigenvalue weighted by atomic mass is 9.84. The van der Waals surface area contributed by atoms with E-state index < -0.39 is 26.1 Å². The summed E-state index contributed by atoms with van der Waals surface area (Å²) >= 11 is 0. The molecule has 3 fully saturated rings. The van der Waals surface area contributed by atoms with Crippen molar-refractivity contribution in [2.45, 2.75) is 148 Å². The van der Waals surface area contributed by atoms with Crippen LogP contribution in [-0.2, 0) is 37.7 Å². The van der Waals surface area contributed by atoms with E-state index in [0.29, 0.717) is 25.2 Å². The van der Waals surface area contributed by atoms with E-state index in [1.54, 1.807) is 13.4 Å². The highest BCUT2D eigenvalue weighted by atomic mass is 28.4. The number of nitrogens with zero attached hydrogens (tertiary/aromatic N) is 1. The molecule has 5 heterocycles. The van der Waals surface area contributed by atoms with Gasteiger partial charge in [0, 0.05) is 38.7 Å². The number of epoxide rings is 2. The molecule has 10 nitrogen and oxygen atoms in total. The minimum Gasteiger partial charge on any atom is -0.462 e. The number of esters is 2. The summed E-state index contributed by atoms with van der Waals surface area (Å²) in [5, 5.41) is 0. The molecule has 282 valence electrons. The highest BCUT2D eigenvalue weighted by molar-refractivity contribution is 6.71. The number of ether oxygens (including phenoxy) is 5. The fraction of sp³-hybridized carbons (Fsp3) is 0.675. The summed E-state index contributed by atoms with van der Waals surface area (Å²) in [5.41, 5.74) is 2.18. The molecule has 0 aliphatic carbocycles. The third kappa shape index (κ3) is 10.2. The highest BCUT2D eigenvalue weighted by Gasteiger charge is 2.59. The first-order valence-corrected chi connectivity index (χ1v) is 21.8. The number of hydrogen-bond donors (Lipinski definition) is 0. The van der Waals surface area contributed by atoms with Gasteiger partial charge in [-0.2, -0.15) is 0 Å². The Labute approximate surface area is 305 Å². The number of carbonyl (C=O) groups excluding carboxylic acids is 2. The molecule has 2 bridgehead atoms. The number of methoxy groups -OCH3 is 1. The van der Waals surface area contributed by atoms with Gasteiger partial charge in [-0.05, 0) is 75.9 Å². The molecule has 0 aromatic carbocycles. The fourth-order valence-corrected chi connectivity index (χ4v) is 10.3. The molecular formula is C40H59NO9Si. The van der Waals surface area contributed by atoms with Crippen LogP contribution in [0.25, 0.3) is 6.08 Å². The van der Waals surface area contributed by atoms with E-state index in [0.717, 1.165) is 35.7 Å². The van der Waals surface area contributed by atoms with Gasteiger partial charge in [0.25, 0.3) is 0 Å². The van der Waals surface area contributed by atoms with Crippen molar-refractivity contribution in [2.75, 3.05) is 7.11 Å². The van der Waals surface area contributed by atoms with Crippen molar-refractivity contribution in [1.82, 2.24) is 4.98 Å². The Morgan fingerprint density at radius 2 is 1.88 bits per heavy atom. The smallest absolute Gasteiger partial charge is 0.338 e. The van der Waals surface area contributed by atoms with Gasteiger partial charge in [-0.1, -0.05) is 57.6 Å². The molecule has 0 unspecified atom stereocenters. The zero-order valence-electron chi connectivity index (χ0n) is 32.2. The van der Waals surface area contributed by atoms with E-state index in [1.165, 1.54) is 0 Å². The quantitative estimate of drug-likeness (QED) is 0.0738. The second kappa shape index (κ2) is 16.5. The van der Waals surface area contributed by atoms with Crippen molar-refractivity contribution in [3.63, 3.8) is 0 Å². The van der Waals surface area contributed by atoms with E-state index >= 15 is 0 Å². The van der Waals surface area contributed by atoms with Gasteiger partial charge in [0.05, 0.1) is 18.3 Å². The molecule has 3 saturated heterocycles. The van der Waals surface area contributed by atoms with Crippen LogP contribution in [0.3, 0.4) is 0 Å². The van der Waals surface area contributed by atoms with Crippen LogP contribution in [-0.4, -0.2) is 80.7 Å². The standard InChI is InChI=1S/C40H59NO9Si/c1-11-17-51(9,10)50-35-22-32(27(5)37(44-8)26(4)14-12-13-24(2)18-30-23-45-28(6)41-30)48-39(43)38-33(47-38)20-29-19-31(46-36(42)21-29)25(3)15-16-34-40(35,7)49-34/h12-16,18,23,25,27,29,31-35,37-38H,11,17,19-22H2,1-10H3/b13-12+,16-15+,24-18+,26-14+/t25-,27+,29+,31-,32+,33-,34-,35+,37+,38-,40+/m1/s1. The number of fused-ring (bicyclic) bond motifs is 4. The molecule has 51 heavy (non-hydrogen) atoms. The summed E-state index contributed by atoms with van der Waals surface area (Å²) in [7, 11) is -0.414. The third-order valence-electron chi connectivity index (χ3n) is 10.9. The van der Waals surface area contributed by atoms with E-state index in [-0.39, 0.29) is 60.2 Å². The summed E-state index contributed by atoms with van der Waals surface area (Å²) in [6.07, 6.45) is 14.5. The van der Waals surface area contributed by atoms with E-state index in [4.69, 9.17) is 32.5 Å². The lowest BCUT2D eigenvalue weighted by molar-refractivity contribution is -0.159. The van der Waals surface area contributed by atoms with Gasteiger partial charge in [-0.15, -0.1) is 0 Å². The summed E-state index contributed by atoms with van der Waals surface area (Å²) in [6, 6.07) is 1.00. The molecule has 0 amide bonds. The zero-order chi connectivity index (χ0) is 37.1. The lowest BCUT2D eigenvalue weighted by Gasteiger charge is -2.37. The third-order valence-corrected chi connectivity index (χ3v) is 13.5. The molecule has 4 aliphatic heterocycles. The SMILES string of the molecule is CCC[Si](C)(C)O[C@H]1C[C@@H]([C@H](C)[C@@H](OC)/C(C)=C/C=C/C(C)=C/c2coc(C)n2)OC(=O)[C@@H]2O[C@@H]2C[C@H]2CC(=O)O[C@H](C2)[C@H](C)/C=C/[C@H]2O[C@]12C. The van der Waals surface area contributed by atoms with Crippen molar-refractivity contribution in [3.8, 4) is 0 Å². The molecule has 4 aliphatic rings. The van der Waals surface area contributed by atoms with Gasteiger partial charge in [0.15, 0.2) is 20.3 Å². The van der Waals surface area contributed by atoms with Gasteiger partial charge >= 0.3 is 11.9 Å². The maximum absolute atomic E-state index is 13.8. The monoisotopic (exact) mass is 725 g/mol. The largest absolute Gasteiger partial charge is 0.462 e. The van der Waals surface area contributed by atoms with Gasteiger partial charge in [0.1, 0.15) is 35.9 Å². The van der Waals surface area contributed by atoms with Crippen LogP contribution in [0.4, 0.5) is 0 Å². The number of allylic oxidation sites excluding steroid dienone is 4. The number of aryl methyl sites for hydroxylation is 1. The van der Waals surface area contributed by atoms with Crippen LogP contribution in [0.15, 0.2) is 52.2 Å². The van der Waals surface area contributed by atoms with E-state index in [2.05, 4.69) is 57.9 Å². The summed E-state index contributed by atoms with van der Waals surface area (Å²) in [4.78, 5) is 30.7. The van der Waals surface area contributed by atoms with Gasteiger partial charge in [-0.25, -0.2) is 9.78 Å². The van der Waals surface area contributed by atoms with Crippen molar-refractivity contribution in [1.29, 1.82) is 0 Å². The molecule has 11 heteroatoms. The lowest BCUT2D eigenvalue weighted by Crippen LogP contribution is -2.47. The number of oxazole rings is 1. The molecule has 5 rings (SSSR count). The zero-order valence-corrected chi connectivity index (χ0v) is 33.2. The van der Waals surface area contributed by atoms with Crippen LogP contribution in [0.2, 0.25) is 19.1 Å². The van der Waals surface area contributed by atoms with E-state index in [1.807, 2.05) is 45.1 Å². The topological polar surface area (TPSA) is 122 Å². The molecule has 0 N–H and O–H groups in total. The number of rotatable bonds is 11. The first-order chi connectivity index (χ1) is 24.1. The average Bonchev–Trinajstić information content (AvgIpc) is 3.93. The normalized spacial score (nSPS) is 35.3. The second-order valence-electron chi connectivity index (χ2n) is 15.9. The van der Waals surface area contributed by atoms with Crippen LogP contribution in [0.5, 0.6) is 0 Å². The predicted octanol–water partition coefficient (Wildman–Crippen LogP) is 7.68. The average molecular weight is 726 g/mol. The van der Waals surface area contributed by atoms with Crippen LogP contribution >= 0.6 is 0 Å². The Hall–Kier alpha value is -2.83. The van der Waals surface area contributed by atoms with Crippen LogP contribution in [0, 0.1) is 24.7 Å². The maximum Gasteiger partial charge on any atom is 0.338 e. The molecule has 0 saturated carbocycles. The summed E-state index contributed by atoms with van der Waals surface area (Å²) < 4.78 is 43.1. The second-order valence-corrected chi connectivity index (χ2v) is 20.2. The first kappa shape index (κ1) is 39.4. The highest BCUT2D eigenvalue weighted by Crippen LogP contribution is 2.46. The first-order valence-electron chi connectivity index (χ1n) is 18.7. The van der Waals surface area contributed by atoms with Crippen LogP contribution in [0.1, 0.15) is 85.2 Å². The van der Waals surface area contributed by atoms with Crippen molar-refractivity contribution >= 4 is 26.3 Å². The molecule has 11 atom stereocenters. The number of carbonyl (C=O) groups is 2. The van der Waals surface area contributed by atoms with Crippen LogP contribution < -0.4 is 0 Å². The number of aromatic nitrogens is 1. The van der Waals surface area contributed by atoms with Gasteiger partial charge in [0.2, 0.25) is 0 Å². The van der Waals surface area contributed by atoms with Crippen molar-refractivity contribution in [3.05, 3.63) is 59.4 Å².